The molecule has 38 heavy (non-hydrogen) atoms. The van der Waals surface area contributed by atoms with Crippen molar-refractivity contribution in [3.05, 3.63) is 119 Å². The second-order valence-corrected chi connectivity index (χ2v) is 8.39. The molecule has 0 amide bonds. The zero-order valence-electron chi connectivity index (χ0n) is 21.7. The van der Waals surface area contributed by atoms with Crippen LogP contribution in [0.2, 0.25) is 0 Å². The molecule has 194 valence electrons. The summed E-state index contributed by atoms with van der Waals surface area (Å²) in [5, 5.41) is 0. The first-order chi connectivity index (χ1) is 18.6. The highest BCUT2D eigenvalue weighted by Gasteiger charge is 2.12. The lowest BCUT2D eigenvalue weighted by molar-refractivity contribution is 0.104. The Bertz CT molecular complexity index is 1320. The highest BCUT2D eigenvalue weighted by atomic mass is 16.5. The van der Waals surface area contributed by atoms with E-state index in [9.17, 15) is 4.79 Å². The van der Waals surface area contributed by atoms with Crippen LogP contribution in [0.5, 0.6) is 28.7 Å². The lowest BCUT2D eigenvalue weighted by Crippen LogP contribution is -2.02. The van der Waals surface area contributed by atoms with Gasteiger partial charge in [0, 0.05) is 23.3 Å². The third kappa shape index (κ3) is 6.95. The number of allylic oxidation sites excluding steroid dienone is 1. The van der Waals surface area contributed by atoms with Crippen LogP contribution < -0.4 is 23.7 Å². The van der Waals surface area contributed by atoms with Gasteiger partial charge in [-0.15, -0.1) is 0 Å². The minimum absolute atomic E-state index is 0.212. The number of methoxy groups -OCH3 is 3. The molecule has 6 heteroatoms. The van der Waals surface area contributed by atoms with Crippen molar-refractivity contribution < 1.29 is 28.5 Å². The fourth-order valence-electron chi connectivity index (χ4n) is 3.81. The van der Waals surface area contributed by atoms with Gasteiger partial charge in [-0.2, -0.15) is 0 Å². The van der Waals surface area contributed by atoms with Gasteiger partial charge < -0.3 is 23.7 Å². The Hall–Kier alpha value is -4.71. The predicted octanol–water partition coefficient (Wildman–Crippen LogP) is 6.77. The molecule has 0 aliphatic heterocycles. The van der Waals surface area contributed by atoms with Crippen molar-refractivity contribution in [1.29, 1.82) is 0 Å². The van der Waals surface area contributed by atoms with E-state index in [2.05, 4.69) is 0 Å². The molecule has 0 aliphatic carbocycles. The highest BCUT2D eigenvalue weighted by Crippen LogP contribution is 2.35. The van der Waals surface area contributed by atoms with Gasteiger partial charge in [0.15, 0.2) is 17.3 Å². The van der Waals surface area contributed by atoms with Gasteiger partial charge in [0.2, 0.25) is 0 Å². The second-order valence-electron chi connectivity index (χ2n) is 8.39. The van der Waals surface area contributed by atoms with Crippen LogP contribution in [0.25, 0.3) is 6.08 Å². The molecule has 6 nitrogen and oxygen atoms in total. The molecule has 0 fully saturated rings. The minimum atomic E-state index is -0.212. The average molecular weight is 511 g/mol. The van der Waals surface area contributed by atoms with E-state index in [0.717, 1.165) is 11.1 Å². The molecule has 0 unspecified atom stereocenters. The van der Waals surface area contributed by atoms with Crippen molar-refractivity contribution in [3.8, 4) is 28.7 Å². The van der Waals surface area contributed by atoms with Crippen LogP contribution in [-0.4, -0.2) is 27.1 Å². The molecule has 0 N–H and O–H groups in total. The molecule has 0 saturated carbocycles. The van der Waals surface area contributed by atoms with E-state index in [1.54, 1.807) is 57.7 Å². The van der Waals surface area contributed by atoms with Crippen LogP contribution in [0.15, 0.2) is 97.1 Å². The Labute approximate surface area is 223 Å². The van der Waals surface area contributed by atoms with Gasteiger partial charge in [-0.05, 0) is 41.5 Å². The summed E-state index contributed by atoms with van der Waals surface area (Å²) in [5.74, 6) is 2.50. The van der Waals surface area contributed by atoms with Gasteiger partial charge in [-0.1, -0.05) is 60.7 Å². The fraction of sp³-hybridized carbons (Fsp3) is 0.156. The molecule has 0 atom stereocenters. The van der Waals surface area contributed by atoms with Crippen molar-refractivity contribution >= 4 is 11.9 Å². The number of carbonyl (C=O) groups is 1. The van der Waals surface area contributed by atoms with Gasteiger partial charge in [0.1, 0.15) is 30.5 Å². The Kier molecular flexibility index (Phi) is 9.03. The van der Waals surface area contributed by atoms with E-state index in [1.807, 2.05) is 60.7 Å². The number of ether oxygens (including phenoxy) is 5. The lowest BCUT2D eigenvalue weighted by atomic mass is 10.1. The van der Waals surface area contributed by atoms with Crippen LogP contribution >= 0.6 is 0 Å². The van der Waals surface area contributed by atoms with E-state index < -0.39 is 0 Å². The molecule has 4 rings (SSSR count). The average Bonchev–Trinajstić information content (AvgIpc) is 2.98. The fourth-order valence-corrected chi connectivity index (χ4v) is 3.81. The summed E-state index contributed by atoms with van der Waals surface area (Å²) in [4.78, 5) is 13.3. The number of hydrogen-bond acceptors (Lipinski definition) is 6. The molecular weight excluding hydrogens is 480 g/mol. The van der Waals surface area contributed by atoms with Crippen LogP contribution in [0, 0.1) is 0 Å². The van der Waals surface area contributed by atoms with Gasteiger partial charge in [0.25, 0.3) is 0 Å². The van der Waals surface area contributed by atoms with E-state index in [4.69, 9.17) is 23.7 Å². The van der Waals surface area contributed by atoms with Gasteiger partial charge in [-0.25, -0.2) is 0 Å². The summed E-state index contributed by atoms with van der Waals surface area (Å²) in [6.07, 6.45) is 3.17. The van der Waals surface area contributed by atoms with Crippen LogP contribution in [-0.2, 0) is 13.2 Å². The van der Waals surface area contributed by atoms with Crippen molar-refractivity contribution in [2.24, 2.45) is 0 Å². The quantitative estimate of drug-likeness (QED) is 0.155. The zero-order chi connectivity index (χ0) is 26.7. The summed E-state index contributed by atoms with van der Waals surface area (Å²) >= 11 is 0. The molecule has 0 heterocycles. The van der Waals surface area contributed by atoms with Crippen LogP contribution in [0.3, 0.4) is 0 Å². The SMILES string of the molecule is COc1cc(OC)c(OC)cc1/C=C/C(=O)c1cc(OCc2ccccc2)cc(OCc2ccccc2)c1. The number of benzene rings is 4. The molecule has 0 spiro atoms. The minimum Gasteiger partial charge on any atom is -0.496 e. The maximum atomic E-state index is 13.3. The summed E-state index contributed by atoms with van der Waals surface area (Å²) in [5.41, 5.74) is 3.16. The molecule has 0 saturated heterocycles. The van der Waals surface area contributed by atoms with Crippen molar-refractivity contribution in [1.82, 2.24) is 0 Å². The standard InChI is InChI=1S/C32H30O6/c1-34-30-20-32(36-3)31(35-2)18-25(30)14-15-29(33)26-16-27(37-21-23-10-6-4-7-11-23)19-28(17-26)38-22-24-12-8-5-9-13-24/h4-20H,21-22H2,1-3H3/b15-14+. The molecular formula is C32H30O6. The Morgan fingerprint density at radius 1 is 0.632 bits per heavy atom. The first-order valence-corrected chi connectivity index (χ1v) is 12.1. The molecule has 0 radical (unpaired) electrons. The maximum absolute atomic E-state index is 13.3. The van der Waals surface area contributed by atoms with E-state index in [0.29, 0.717) is 53.1 Å². The van der Waals surface area contributed by atoms with Crippen LogP contribution in [0.4, 0.5) is 0 Å². The largest absolute Gasteiger partial charge is 0.496 e. The second kappa shape index (κ2) is 13.0. The van der Waals surface area contributed by atoms with Gasteiger partial charge in [-0.3, -0.25) is 4.79 Å². The van der Waals surface area contributed by atoms with Crippen molar-refractivity contribution in [2.45, 2.75) is 13.2 Å². The Balaban J connectivity index is 1.59. The predicted molar refractivity (Wildman–Crippen MR) is 147 cm³/mol. The lowest BCUT2D eigenvalue weighted by Gasteiger charge is -2.13. The first kappa shape index (κ1) is 26.4. The topological polar surface area (TPSA) is 63.2 Å². The molecule has 0 aromatic heterocycles. The number of carbonyl (C=O) groups excluding carboxylic acids is 1. The number of rotatable bonds is 12. The molecule has 4 aromatic rings. The van der Waals surface area contributed by atoms with E-state index >= 15 is 0 Å². The van der Waals surface area contributed by atoms with Crippen LogP contribution in [0.1, 0.15) is 27.0 Å². The molecule has 4 aromatic carbocycles. The summed E-state index contributed by atoms with van der Waals surface area (Å²) < 4.78 is 28.3. The first-order valence-electron chi connectivity index (χ1n) is 12.1. The smallest absolute Gasteiger partial charge is 0.186 e. The summed E-state index contributed by atoms with van der Waals surface area (Å²) in [6.45, 7) is 0.741. The van der Waals surface area contributed by atoms with Crippen molar-refractivity contribution in [3.63, 3.8) is 0 Å². The number of hydrogen-bond donors (Lipinski definition) is 0. The summed E-state index contributed by atoms with van der Waals surface area (Å²) in [6, 6.07) is 28.4. The maximum Gasteiger partial charge on any atom is 0.186 e. The third-order valence-corrected chi connectivity index (χ3v) is 5.81. The van der Waals surface area contributed by atoms with Crippen molar-refractivity contribution in [2.75, 3.05) is 21.3 Å². The van der Waals surface area contributed by atoms with E-state index in [-0.39, 0.29) is 5.78 Å². The van der Waals surface area contributed by atoms with Gasteiger partial charge in [0.05, 0.1) is 21.3 Å². The third-order valence-electron chi connectivity index (χ3n) is 5.81. The van der Waals surface area contributed by atoms with Gasteiger partial charge >= 0.3 is 0 Å². The Morgan fingerprint density at radius 2 is 1.13 bits per heavy atom. The molecule has 0 aliphatic rings. The van der Waals surface area contributed by atoms with E-state index in [1.165, 1.54) is 6.08 Å². The zero-order valence-corrected chi connectivity index (χ0v) is 21.7. The highest BCUT2D eigenvalue weighted by molar-refractivity contribution is 6.07. The normalized spacial score (nSPS) is 10.7. The summed E-state index contributed by atoms with van der Waals surface area (Å²) in [7, 11) is 4.67. The molecule has 0 bridgehead atoms. The number of ketones is 1. The Morgan fingerprint density at radius 3 is 1.63 bits per heavy atom. The monoisotopic (exact) mass is 510 g/mol.